The lowest BCUT2D eigenvalue weighted by Crippen LogP contribution is -2.03. The van der Waals surface area contributed by atoms with Gasteiger partial charge in [0, 0.05) is 22.7 Å². The van der Waals surface area contributed by atoms with Crippen molar-refractivity contribution in [2.45, 2.75) is 0 Å². The van der Waals surface area contributed by atoms with Gasteiger partial charge in [-0.25, -0.2) is 8.78 Å². The fourth-order valence-corrected chi connectivity index (χ4v) is 2.16. The maximum absolute atomic E-state index is 13.8. The van der Waals surface area contributed by atoms with Gasteiger partial charge >= 0.3 is 0 Å². The Bertz CT molecular complexity index is 824. The van der Waals surface area contributed by atoms with E-state index in [-0.39, 0.29) is 22.2 Å². The van der Waals surface area contributed by atoms with Gasteiger partial charge < -0.3 is 10.7 Å². The molecular formula is C15H10F2N2O. The predicted octanol–water partition coefficient (Wildman–Crippen LogP) is 3.26. The number of carbonyl (C=O) groups is 1. The van der Waals surface area contributed by atoms with E-state index in [9.17, 15) is 13.6 Å². The van der Waals surface area contributed by atoms with Crippen LogP contribution in [0.15, 0.2) is 42.6 Å². The van der Waals surface area contributed by atoms with E-state index in [4.69, 9.17) is 5.73 Å². The Balaban J connectivity index is 2.15. The number of benzene rings is 2. The number of aromatic nitrogens is 1. The van der Waals surface area contributed by atoms with Crippen LogP contribution in [0.4, 0.5) is 14.5 Å². The number of hydrogen-bond donors (Lipinski definition) is 2. The normalized spacial score (nSPS) is 10.9. The van der Waals surface area contributed by atoms with Crippen LogP contribution in [0.5, 0.6) is 0 Å². The molecule has 0 aliphatic rings. The number of nitrogen functional groups attached to an aromatic ring is 1. The largest absolute Gasteiger partial charge is 0.396 e. The lowest BCUT2D eigenvalue weighted by atomic mass is 10.0. The van der Waals surface area contributed by atoms with Crippen molar-refractivity contribution in [3.8, 4) is 0 Å². The number of carbonyl (C=O) groups excluding carboxylic acids is 1. The molecule has 20 heavy (non-hydrogen) atoms. The van der Waals surface area contributed by atoms with E-state index < -0.39 is 17.4 Å². The van der Waals surface area contributed by atoms with Crippen LogP contribution >= 0.6 is 0 Å². The molecule has 2 aromatic carbocycles. The number of rotatable bonds is 2. The number of halogens is 2. The number of H-pyrrole nitrogens is 1. The lowest BCUT2D eigenvalue weighted by Gasteiger charge is -2.03. The molecule has 0 aliphatic carbocycles. The topological polar surface area (TPSA) is 58.9 Å². The van der Waals surface area contributed by atoms with Gasteiger partial charge in [0.25, 0.3) is 0 Å². The van der Waals surface area contributed by atoms with E-state index in [0.717, 1.165) is 6.07 Å². The molecule has 0 saturated heterocycles. The Kier molecular flexibility index (Phi) is 2.75. The molecule has 0 radical (unpaired) electrons. The monoisotopic (exact) mass is 272 g/mol. The Morgan fingerprint density at radius 2 is 1.90 bits per heavy atom. The summed E-state index contributed by atoms with van der Waals surface area (Å²) in [5, 5.41) is 0.223. The summed E-state index contributed by atoms with van der Waals surface area (Å²) in [5.41, 5.74) is 6.28. The van der Waals surface area contributed by atoms with Gasteiger partial charge in [-0.05, 0) is 30.3 Å². The molecule has 3 rings (SSSR count). The van der Waals surface area contributed by atoms with Gasteiger partial charge in [-0.15, -0.1) is 0 Å². The molecule has 5 heteroatoms. The maximum atomic E-state index is 13.8. The highest BCUT2D eigenvalue weighted by atomic mass is 19.1. The number of nitrogens with one attached hydrogen (secondary N) is 1. The Hall–Kier alpha value is -2.69. The van der Waals surface area contributed by atoms with Crippen LogP contribution in [0.1, 0.15) is 15.9 Å². The maximum Gasteiger partial charge on any atom is 0.195 e. The van der Waals surface area contributed by atoms with Crippen LogP contribution in [0.3, 0.4) is 0 Å². The molecule has 1 heterocycles. The van der Waals surface area contributed by atoms with Crippen molar-refractivity contribution in [1.29, 1.82) is 0 Å². The van der Waals surface area contributed by atoms with E-state index >= 15 is 0 Å². The van der Waals surface area contributed by atoms with Crippen LogP contribution in [0, 0.1) is 11.6 Å². The predicted molar refractivity (Wildman–Crippen MR) is 72.5 cm³/mol. The number of nitrogens with two attached hydrogens (primary N) is 1. The molecule has 0 aliphatic heterocycles. The second-order valence-electron chi connectivity index (χ2n) is 4.43. The van der Waals surface area contributed by atoms with Crippen molar-refractivity contribution in [3.63, 3.8) is 0 Å². The molecule has 0 spiro atoms. The number of hydrogen-bond acceptors (Lipinski definition) is 2. The standard InChI is InChI=1S/C15H10F2N2O/c16-10-5-4-8(6-12(10)18)15(20)9-7-19-13-3-1-2-11(17)14(9)13/h1-7,19H,18H2. The molecule has 0 atom stereocenters. The van der Waals surface area contributed by atoms with E-state index in [1.807, 2.05) is 0 Å². The van der Waals surface area contributed by atoms with Crippen LogP contribution in [-0.4, -0.2) is 10.8 Å². The summed E-state index contributed by atoms with van der Waals surface area (Å²) in [6.07, 6.45) is 1.44. The number of fused-ring (bicyclic) bond motifs is 1. The Morgan fingerprint density at radius 3 is 2.65 bits per heavy atom. The summed E-state index contributed by atoms with van der Waals surface area (Å²) in [7, 11) is 0. The van der Waals surface area contributed by atoms with Crippen molar-refractivity contribution in [1.82, 2.24) is 4.98 Å². The van der Waals surface area contributed by atoms with Gasteiger partial charge in [0.05, 0.1) is 11.3 Å². The molecule has 100 valence electrons. The first-order chi connectivity index (χ1) is 9.58. The van der Waals surface area contributed by atoms with Gasteiger partial charge in [0.1, 0.15) is 11.6 Å². The van der Waals surface area contributed by atoms with Crippen LogP contribution < -0.4 is 5.73 Å². The van der Waals surface area contributed by atoms with Crippen LogP contribution in [-0.2, 0) is 0 Å². The Morgan fingerprint density at radius 1 is 1.10 bits per heavy atom. The zero-order chi connectivity index (χ0) is 14.3. The Labute approximate surface area is 113 Å². The molecule has 3 aromatic rings. The smallest absolute Gasteiger partial charge is 0.195 e. The van der Waals surface area contributed by atoms with E-state index in [1.165, 1.54) is 24.4 Å². The van der Waals surface area contributed by atoms with Crippen LogP contribution in [0.25, 0.3) is 10.9 Å². The summed E-state index contributed by atoms with van der Waals surface area (Å²) in [6, 6.07) is 8.21. The average Bonchev–Trinajstić information content (AvgIpc) is 2.86. The summed E-state index contributed by atoms with van der Waals surface area (Å²) in [4.78, 5) is 15.2. The zero-order valence-electron chi connectivity index (χ0n) is 10.3. The molecule has 0 unspecified atom stereocenters. The quantitative estimate of drug-likeness (QED) is 0.555. The van der Waals surface area contributed by atoms with Crippen molar-refractivity contribution >= 4 is 22.4 Å². The van der Waals surface area contributed by atoms with Crippen molar-refractivity contribution in [2.24, 2.45) is 0 Å². The first-order valence-electron chi connectivity index (χ1n) is 5.93. The minimum Gasteiger partial charge on any atom is -0.396 e. The average molecular weight is 272 g/mol. The third kappa shape index (κ3) is 1.84. The third-order valence-electron chi connectivity index (χ3n) is 3.16. The number of anilines is 1. The SMILES string of the molecule is Nc1cc(C(=O)c2c[nH]c3cccc(F)c23)ccc1F. The van der Waals surface area contributed by atoms with E-state index in [2.05, 4.69) is 4.98 Å². The van der Waals surface area contributed by atoms with Gasteiger partial charge in [-0.2, -0.15) is 0 Å². The molecule has 1 aromatic heterocycles. The molecule has 3 N–H and O–H groups in total. The van der Waals surface area contributed by atoms with E-state index in [0.29, 0.717) is 5.52 Å². The number of aromatic amines is 1. The summed E-state index contributed by atoms with van der Waals surface area (Å²) < 4.78 is 27.0. The molecular weight excluding hydrogens is 262 g/mol. The highest BCUT2D eigenvalue weighted by molar-refractivity contribution is 6.16. The van der Waals surface area contributed by atoms with Crippen molar-refractivity contribution in [3.05, 3.63) is 65.4 Å². The molecule has 0 bridgehead atoms. The minimum atomic E-state index is -0.591. The second-order valence-corrected chi connectivity index (χ2v) is 4.43. The summed E-state index contributed by atoms with van der Waals surface area (Å²) in [6.45, 7) is 0. The molecule has 3 nitrogen and oxygen atoms in total. The van der Waals surface area contributed by atoms with Crippen molar-refractivity contribution < 1.29 is 13.6 Å². The fraction of sp³-hybridized carbons (Fsp3) is 0. The highest BCUT2D eigenvalue weighted by Gasteiger charge is 2.17. The van der Waals surface area contributed by atoms with E-state index in [1.54, 1.807) is 12.1 Å². The third-order valence-corrected chi connectivity index (χ3v) is 3.16. The summed E-state index contributed by atoms with van der Waals surface area (Å²) >= 11 is 0. The van der Waals surface area contributed by atoms with Gasteiger partial charge in [0.15, 0.2) is 5.78 Å². The molecule has 0 saturated carbocycles. The van der Waals surface area contributed by atoms with Gasteiger partial charge in [-0.3, -0.25) is 4.79 Å². The molecule has 0 amide bonds. The summed E-state index contributed by atoms with van der Waals surface area (Å²) in [5.74, 6) is -1.48. The van der Waals surface area contributed by atoms with Crippen LogP contribution in [0.2, 0.25) is 0 Å². The first-order valence-corrected chi connectivity index (χ1v) is 5.93. The fourth-order valence-electron chi connectivity index (χ4n) is 2.16. The van der Waals surface area contributed by atoms with Crippen molar-refractivity contribution in [2.75, 3.05) is 5.73 Å². The first kappa shape index (κ1) is 12.3. The highest BCUT2D eigenvalue weighted by Crippen LogP contribution is 2.24. The van der Waals surface area contributed by atoms with Gasteiger partial charge in [0.2, 0.25) is 0 Å². The lowest BCUT2D eigenvalue weighted by molar-refractivity contribution is 0.104. The minimum absolute atomic E-state index is 0.115. The van der Waals surface area contributed by atoms with Gasteiger partial charge in [-0.1, -0.05) is 6.07 Å². The second kappa shape index (κ2) is 4.45. The number of ketones is 1. The zero-order valence-corrected chi connectivity index (χ0v) is 10.3. The molecule has 0 fully saturated rings.